The number of benzene rings is 1. The molecule has 0 radical (unpaired) electrons. The lowest BCUT2D eigenvalue weighted by Crippen LogP contribution is -2.28. The van der Waals surface area contributed by atoms with E-state index in [9.17, 15) is 20.2 Å². The standard InChI is InChI=1S/C11H11N3O4/c15-13(16)8-2-9-6-1-7(5-12-4-6)11(9)10(3-8)14(17)18/h2-3,6-7,12H,1,4-5H2. The molecule has 2 unspecified atom stereocenters. The Bertz CT molecular complexity index is 557. The first-order valence-electron chi connectivity index (χ1n) is 5.75. The minimum atomic E-state index is -0.566. The van der Waals surface area contributed by atoms with Gasteiger partial charge in [0.2, 0.25) is 0 Å². The number of piperidine rings is 1. The van der Waals surface area contributed by atoms with Crippen molar-refractivity contribution in [1.29, 1.82) is 0 Å². The first kappa shape index (κ1) is 11.1. The van der Waals surface area contributed by atoms with Crippen molar-refractivity contribution in [2.45, 2.75) is 18.3 Å². The van der Waals surface area contributed by atoms with Gasteiger partial charge in [0.15, 0.2) is 0 Å². The van der Waals surface area contributed by atoms with Gasteiger partial charge in [-0.1, -0.05) is 0 Å². The van der Waals surface area contributed by atoms with Crippen molar-refractivity contribution in [3.8, 4) is 0 Å². The zero-order chi connectivity index (χ0) is 12.9. The maximum absolute atomic E-state index is 11.1. The van der Waals surface area contributed by atoms with Crippen LogP contribution in [-0.4, -0.2) is 22.9 Å². The quantitative estimate of drug-likeness (QED) is 0.635. The minimum Gasteiger partial charge on any atom is -0.316 e. The highest BCUT2D eigenvalue weighted by molar-refractivity contribution is 5.59. The van der Waals surface area contributed by atoms with Crippen LogP contribution in [0.15, 0.2) is 12.1 Å². The number of nitro groups is 2. The Balaban J connectivity index is 2.23. The second-order valence-electron chi connectivity index (χ2n) is 4.77. The van der Waals surface area contributed by atoms with Crippen LogP contribution in [0, 0.1) is 20.2 Å². The summed E-state index contributed by atoms with van der Waals surface area (Å²) in [5, 5.41) is 25.1. The lowest BCUT2D eigenvalue weighted by Gasteiger charge is -2.19. The maximum atomic E-state index is 11.1. The predicted octanol–water partition coefficient (Wildman–Crippen LogP) is 1.68. The van der Waals surface area contributed by atoms with E-state index < -0.39 is 9.85 Å². The van der Waals surface area contributed by atoms with E-state index >= 15 is 0 Å². The molecule has 7 nitrogen and oxygen atoms in total. The summed E-state index contributed by atoms with van der Waals surface area (Å²) in [6.45, 7) is 1.45. The number of non-ortho nitro benzene ring substituents is 1. The molecule has 1 fully saturated rings. The Morgan fingerprint density at radius 3 is 2.50 bits per heavy atom. The number of nitrogens with one attached hydrogen (secondary N) is 1. The van der Waals surface area contributed by atoms with Crippen LogP contribution in [0.5, 0.6) is 0 Å². The van der Waals surface area contributed by atoms with E-state index in [4.69, 9.17) is 0 Å². The van der Waals surface area contributed by atoms with Crippen molar-refractivity contribution < 1.29 is 9.85 Å². The molecule has 0 amide bonds. The van der Waals surface area contributed by atoms with E-state index in [0.717, 1.165) is 24.6 Å². The largest absolute Gasteiger partial charge is 0.316 e. The van der Waals surface area contributed by atoms with Gasteiger partial charge in [-0.25, -0.2) is 0 Å². The molecule has 1 N–H and O–H groups in total. The van der Waals surface area contributed by atoms with Gasteiger partial charge in [-0.05, 0) is 17.9 Å². The molecule has 7 heteroatoms. The van der Waals surface area contributed by atoms with Crippen LogP contribution in [0.2, 0.25) is 0 Å². The summed E-state index contributed by atoms with van der Waals surface area (Å²) in [7, 11) is 0. The van der Waals surface area contributed by atoms with Gasteiger partial charge >= 0.3 is 0 Å². The molecule has 2 aliphatic rings. The molecule has 18 heavy (non-hydrogen) atoms. The number of hydrogen-bond donors (Lipinski definition) is 1. The number of fused-ring (bicyclic) bond motifs is 5. The Morgan fingerprint density at radius 2 is 1.83 bits per heavy atom. The van der Waals surface area contributed by atoms with Gasteiger partial charge in [-0.3, -0.25) is 20.2 Å². The zero-order valence-electron chi connectivity index (χ0n) is 9.46. The highest BCUT2D eigenvalue weighted by Gasteiger charge is 2.40. The second-order valence-corrected chi connectivity index (χ2v) is 4.77. The summed E-state index contributed by atoms with van der Waals surface area (Å²) >= 11 is 0. The van der Waals surface area contributed by atoms with Gasteiger partial charge in [0.25, 0.3) is 11.4 Å². The molecule has 1 aliphatic carbocycles. The topological polar surface area (TPSA) is 98.3 Å². The molecule has 1 aromatic carbocycles. The smallest absolute Gasteiger partial charge is 0.280 e. The molecule has 0 saturated carbocycles. The van der Waals surface area contributed by atoms with Crippen LogP contribution >= 0.6 is 0 Å². The molecule has 2 bridgehead atoms. The van der Waals surface area contributed by atoms with Crippen molar-refractivity contribution in [3.63, 3.8) is 0 Å². The van der Waals surface area contributed by atoms with E-state index in [0.29, 0.717) is 12.1 Å². The Labute approximate surface area is 102 Å². The summed E-state index contributed by atoms with van der Waals surface area (Å²) in [6.07, 6.45) is 0.852. The van der Waals surface area contributed by atoms with Gasteiger partial charge in [0.05, 0.1) is 15.9 Å². The van der Waals surface area contributed by atoms with E-state index in [-0.39, 0.29) is 23.2 Å². The van der Waals surface area contributed by atoms with Gasteiger partial charge in [0, 0.05) is 30.6 Å². The average molecular weight is 249 g/mol. The van der Waals surface area contributed by atoms with Crippen LogP contribution < -0.4 is 5.32 Å². The van der Waals surface area contributed by atoms with Gasteiger partial charge < -0.3 is 5.32 Å². The lowest BCUT2D eigenvalue weighted by molar-refractivity contribution is -0.394. The Hall–Kier alpha value is -2.02. The molecule has 94 valence electrons. The predicted molar refractivity (Wildman–Crippen MR) is 62.7 cm³/mol. The van der Waals surface area contributed by atoms with Crippen molar-refractivity contribution in [2.24, 2.45) is 0 Å². The number of nitro benzene ring substituents is 2. The SMILES string of the molecule is O=[N+]([O-])c1cc2c(c([N+](=O)[O-])c1)C1CNCC2C1. The molecule has 0 spiro atoms. The molecule has 0 aromatic heterocycles. The fourth-order valence-electron chi connectivity index (χ4n) is 3.08. The van der Waals surface area contributed by atoms with Crippen LogP contribution in [-0.2, 0) is 0 Å². The molecule has 1 heterocycles. The molecule has 1 aromatic rings. The monoisotopic (exact) mass is 249 g/mol. The molecule has 1 aliphatic heterocycles. The van der Waals surface area contributed by atoms with Gasteiger partial charge in [-0.15, -0.1) is 0 Å². The number of hydrogen-bond acceptors (Lipinski definition) is 5. The third-order valence-corrected chi connectivity index (χ3v) is 3.78. The van der Waals surface area contributed by atoms with E-state index in [2.05, 4.69) is 5.32 Å². The third kappa shape index (κ3) is 1.47. The number of rotatable bonds is 2. The second kappa shape index (κ2) is 3.74. The summed E-state index contributed by atoms with van der Waals surface area (Å²) in [4.78, 5) is 20.8. The van der Waals surface area contributed by atoms with Crippen molar-refractivity contribution in [1.82, 2.24) is 5.32 Å². The highest BCUT2D eigenvalue weighted by atomic mass is 16.6. The van der Waals surface area contributed by atoms with Gasteiger partial charge in [-0.2, -0.15) is 0 Å². The number of nitrogens with zero attached hydrogens (tertiary/aromatic N) is 2. The van der Waals surface area contributed by atoms with Crippen LogP contribution in [0.25, 0.3) is 0 Å². The lowest BCUT2D eigenvalue weighted by atomic mass is 9.97. The summed E-state index contributed by atoms with van der Waals surface area (Å²) in [5.74, 6) is 0.275. The first-order chi connectivity index (χ1) is 8.58. The van der Waals surface area contributed by atoms with Gasteiger partial charge in [0.1, 0.15) is 0 Å². The molecule has 3 rings (SSSR count). The first-order valence-corrected chi connectivity index (χ1v) is 5.75. The Kier molecular flexibility index (Phi) is 2.30. The van der Waals surface area contributed by atoms with Crippen molar-refractivity contribution in [2.75, 3.05) is 13.1 Å². The van der Waals surface area contributed by atoms with Crippen LogP contribution in [0.3, 0.4) is 0 Å². The summed E-state index contributed by atoms with van der Waals surface area (Å²) in [5.41, 5.74) is 1.19. The Morgan fingerprint density at radius 1 is 1.11 bits per heavy atom. The van der Waals surface area contributed by atoms with E-state index in [1.54, 1.807) is 0 Å². The zero-order valence-corrected chi connectivity index (χ0v) is 9.46. The summed E-state index contributed by atoms with van der Waals surface area (Å²) in [6, 6.07) is 2.58. The normalized spacial score (nSPS) is 24.7. The molecule has 2 atom stereocenters. The average Bonchev–Trinajstić information content (AvgIpc) is 2.60. The summed E-state index contributed by atoms with van der Waals surface area (Å²) < 4.78 is 0. The minimum absolute atomic E-state index is 0.101. The molecular weight excluding hydrogens is 238 g/mol. The maximum Gasteiger partial charge on any atom is 0.280 e. The van der Waals surface area contributed by atoms with E-state index in [1.165, 1.54) is 6.07 Å². The van der Waals surface area contributed by atoms with Crippen LogP contribution in [0.4, 0.5) is 11.4 Å². The van der Waals surface area contributed by atoms with Crippen molar-refractivity contribution >= 4 is 11.4 Å². The van der Waals surface area contributed by atoms with Crippen molar-refractivity contribution in [3.05, 3.63) is 43.5 Å². The molecule has 1 saturated heterocycles. The van der Waals surface area contributed by atoms with Crippen LogP contribution in [0.1, 0.15) is 29.4 Å². The fraction of sp³-hybridized carbons (Fsp3) is 0.455. The van der Waals surface area contributed by atoms with E-state index in [1.807, 2.05) is 0 Å². The fourth-order valence-corrected chi connectivity index (χ4v) is 3.08. The highest BCUT2D eigenvalue weighted by Crippen LogP contribution is 2.48. The molecular formula is C11H11N3O4. The third-order valence-electron chi connectivity index (χ3n) is 3.78.